The number of likely N-dealkylation sites (N-methyl/N-ethyl adjacent to an activating group) is 1. The third-order valence-electron chi connectivity index (χ3n) is 3.56. The van der Waals surface area contributed by atoms with Gasteiger partial charge in [-0.2, -0.15) is 0 Å². The van der Waals surface area contributed by atoms with Crippen molar-refractivity contribution in [1.82, 2.24) is 4.90 Å². The summed E-state index contributed by atoms with van der Waals surface area (Å²) in [6, 6.07) is 4.25. The van der Waals surface area contributed by atoms with Gasteiger partial charge in [-0.05, 0) is 31.8 Å². The van der Waals surface area contributed by atoms with Gasteiger partial charge in [0.15, 0.2) is 9.84 Å². The molecule has 0 aromatic carbocycles. The Balaban J connectivity index is 2.17. The average molecular weight is 288 g/mol. The number of hydrogen-bond acceptors (Lipinski definition) is 5. The maximum atomic E-state index is 11.6. The summed E-state index contributed by atoms with van der Waals surface area (Å²) >= 11 is 1.68. The summed E-state index contributed by atoms with van der Waals surface area (Å²) in [5, 5.41) is 2.03. The van der Waals surface area contributed by atoms with Crippen LogP contribution in [0, 0.1) is 0 Å². The Morgan fingerprint density at radius 2 is 2.28 bits per heavy atom. The molecule has 4 nitrogen and oxygen atoms in total. The van der Waals surface area contributed by atoms with Gasteiger partial charge < -0.3 is 5.73 Å². The Morgan fingerprint density at radius 3 is 2.72 bits per heavy atom. The molecular weight excluding hydrogens is 268 g/mol. The van der Waals surface area contributed by atoms with E-state index in [1.54, 1.807) is 11.3 Å². The van der Waals surface area contributed by atoms with Crippen LogP contribution in [0.15, 0.2) is 17.5 Å². The molecule has 0 bridgehead atoms. The minimum Gasteiger partial charge on any atom is -0.326 e. The van der Waals surface area contributed by atoms with E-state index in [0.717, 1.165) is 0 Å². The Morgan fingerprint density at radius 1 is 1.56 bits per heavy atom. The lowest BCUT2D eigenvalue weighted by molar-refractivity contribution is 0.171. The zero-order valence-corrected chi connectivity index (χ0v) is 12.4. The molecule has 1 aliphatic heterocycles. The second kappa shape index (κ2) is 5.28. The zero-order valence-electron chi connectivity index (χ0n) is 10.7. The van der Waals surface area contributed by atoms with Gasteiger partial charge in [-0.25, -0.2) is 8.42 Å². The van der Waals surface area contributed by atoms with Gasteiger partial charge in [0.25, 0.3) is 0 Å². The maximum Gasteiger partial charge on any atom is 0.151 e. The van der Waals surface area contributed by atoms with E-state index in [1.165, 1.54) is 4.88 Å². The van der Waals surface area contributed by atoms with Crippen LogP contribution >= 0.6 is 11.3 Å². The van der Waals surface area contributed by atoms with Crippen molar-refractivity contribution in [3.05, 3.63) is 22.4 Å². The quantitative estimate of drug-likeness (QED) is 0.906. The van der Waals surface area contributed by atoms with E-state index in [0.29, 0.717) is 12.2 Å². The van der Waals surface area contributed by atoms with Crippen LogP contribution in [0.1, 0.15) is 24.3 Å². The van der Waals surface area contributed by atoms with Gasteiger partial charge in [0, 0.05) is 17.0 Å². The molecule has 2 rings (SSSR count). The predicted octanol–water partition coefficient (Wildman–Crippen LogP) is 1.26. The third kappa shape index (κ3) is 2.93. The largest absolute Gasteiger partial charge is 0.326 e. The summed E-state index contributed by atoms with van der Waals surface area (Å²) in [4.78, 5) is 3.35. The fourth-order valence-corrected chi connectivity index (χ4v) is 5.39. The number of thiophene rings is 1. The molecule has 0 spiro atoms. The van der Waals surface area contributed by atoms with Crippen molar-refractivity contribution >= 4 is 21.2 Å². The molecule has 1 aliphatic rings. The fraction of sp³-hybridized carbons (Fsp3) is 0.667. The lowest BCUT2D eigenvalue weighted by Gasteiger charge is -2.34. The molecule has 2 N–H and O–H groups in total. The van der Waals surface area contributed by atoms with Gasteiger partial charge >= 0.3 is 0 Å². The van der Waals surface area contributed by atoms with E-state index in [4.69, 9.17) is 5.73 Å². The molecular formula is C12H20N2O2S2. The topological polar surface area (TPSA) is 63.4 Å². The van der Waals surface area contributed by atoms with Gasteiger partial charge in [0.1, 0.15) is 0 Å². The Hall–Kier alpha value is -0.430. The summed E-state index contributed by atoms with van der Waals surface area (Å²) in [6.45, 7) is 1.98. The van der Waals surface area contributed by atoms with E-state index in [9.17, 15) is 8.42 Å². The fourth-order valence-electron chi connectivity index (χ4n) is 2.61. The van der Waals surface area contributed by atoms with Crippen molar-refractivity contribution in [3.8, 4) is 0 Å². The highest BCUT2D eigenvalue weighted by atomic mass is 32.2. The van der Waals surface area contributed by atoms with Crippen LogP contribution in [0.25, 0.3) is 0 Å². The molecule has 0 amide bonds. The van der Waals surface area contributed by atoms with Crippen molar-refractivity contribution in [2.75, 3.05) is 18.6 Å². The minimum absolute atomic E-state index is 0.0167. The first-order valence-corrected chi connectivity index (χ1v) is 8.82. The second-order valence-electron chi connectivity index (χ2n) is 5.04. The Bertz CT molecular complexity index is 482. The van der Waals surface area contributed by atoms with Crippen LogP contribution in [0.2, 0.25) is 0 Å². The summed E-state index contributed by atoms with van der Waals surface area (Å²) < 4.78 is 23.1. The molecule has 102 valence electrons. The van der Waals surface area contributed by atoms with Gasteiger partial charge in [-0.3, -0.25) is 4.90 Å². The molecule has 0 saturated carbocycles. The minimum atomic E-state index is -2.85. The summed E-state index contributed by atoms with van der Waals surface area (Å²) in [5.41, 5.74) is 6.08. The summed E-state index contributed by atoms with van der Waals surface area (Å²) in [6.07, 6.45) is 0.716. The Labute approximate surface area is 113 Å². The van der Waals surface area contributed by atoms with Crippen LogP contribution in [0.5, 0.6) is 0 Å². The van der Waals surface area contributed by atoms with Crippen molar-refractivity contribution in [3.63, 3.8) is 0 Å². The third-order valence-corrected chi connectivity index (χ3v) is 6.25. The predicted molar refractivity (Wildman–Crippen MR) is 75.5 cm³/mol. The molecule has 0 radical (unpaired) electrons. The first kappa shape index (κ1) is 14.0. The molecule has 6 heteroatoms. The standard InChI is InChI=1S/C12H20N2O2S2/c1-9(13)12(11-4-3-6-17-11)14(2)10-5-7-18(15,16)8-10/h3-4,6,9-10,12H,5,7-8,13H2,1-2H3. The molecule has 1 saturated heterocycles. The van der Waals surface area contributed by atoms with E-state index in [2.05, 4.69) is 11.0 Å². The van der Waals surface area contributed by atoms with E-state index in [1.807, 2.05) is 25.4 Å². The highest BCUT2D eigenvalue weighted by Gasteiger charge is 2.35. The number of rotatable bonds is 4. The van der Waals surface area contributed by atoms with Crippen LogP contribution < -0.4 is 5.73 Å². The normalized spacial score (nSPS) is 26.3. The highest BCUT2D eigenvalue weighted by Crippen LogP contribution is 2.30. The monoisotopic (exact) mass is 288 g/mol. The molecule has 2 heterocycles. The first-order valence-electron chi connectivity index (χ1n) is 6.12. The SMILES string of the molecule is CC(N)C(c1cccs1)N(C)C1CCS(=O)(=O)C1. The average Bonchev–Trinajstić information content (AvgIpc) is 2.87. The molecule has 1 aromatic heterocycles. The molecule has 1 fully saturated rings. The number of nitrogens with two attached hydrogens (primary N) is 1. The number of hydrogen-bond donors (Lipinski definition) is 1. The lowest BCUT2D eigenvalue weighted by atomic mass is 10.0. The number of sulfone groups is 1. The summed E-state index contributed by atoms with van der Waals surface area (Å²) in [5.74, 6) is 0.566. The Kier molecular flexibility index (Phi) is 4.11. The van der Waals surface area contributed by atoms with Crippen LogP contribution in [0.4, 0.5) is 0 Å². The van der Waals surface area contributed by atoms with E-state index < -0.39 is 9.84 Å². The highest BCUT2D eigenvalue weighted by molar-refractivity contribution is 7.91. The maximum absolute atomic E-state index is 11.6. The molecule has 0 aliphatic carbocycles. The van der Waals surface area contributed by atoms with E-state index in [-0.39, 0.29) is 23.9 Å². The van der Waals surface area contributed by atoms with Crippen LogP contribution in [-0.4, -0.2) is 44.0 Å². The lowest BCUT2D eigenvalue weighted by Crippen LogP contribution is -2.43. The molecule has 3 unspecified atom stereocenters. The second-order valence-corrected chi connectivity index (χ2v) is 8.25. The molecule has 1 aromatic rings. The van der Waals surface area contributed by atoms with Crippen molar-refractivity contribution < 1.29 is 8.42 Å². The van der Waals surface area contributed by atoms with E-state index >= 15 is 0 Å². The van der Waals surface area contributed by atoms with Gasteiger partial charge in [-0.15, -0.1) is 11.3 Å². The van der Waals surface area contributed by atoms with Gasteiger partial charge in [-0.1, -0.05) is 6.07 Å². The van der Waals surface area contributed by atoms with Gasteiger partial charge in [0.05, 0.1) is 17.5 Å². The zero-order chi connectivity index (χ0) is 13.3. The molecule has 18 heavy (non-hydrogen) atoms. The smallest absolute Gasteiger partial charge is 0.151 e. The van der Waals surface area contributed by atoms with Crippen LogP contribution in [0.3, 0.4) is 0 Å². The summed E-state index contributed by atoms with van der Waals surface area (Å²) in [7, 11) is -0.862. The van der Waals surface area contributed by atoms with Gasteiger partial charge in [0.2, 0.25) is 0 Å². The van der Waals surface area contributed by atoms with Crippen molar-refractivity contribution in [2.45, 2.75) is 31.5 Å². The van der Waals surface area contributed by atoms with Crippen molar-refractivity contribution in [1.29, 1.82) is 0 Å². The molecule has 3 atom stereocenters. The first-order chi connectivity index (χ1) is 8.41. The number of nitrogens with zero attached hydrogens (tertiary/aromatic N) is 1. The van der Waals surface area contributed by atoms with Crippen LogP contribution in [-0.2, 0) is 9.84 Å². The van der Waals surface area contributed by atoms with Crippen molar-refractivity contribution in [2.24, 2.45) is 5.73 Å².